The molecule has 0 atom stereocenters. The van der Waals surface area contributed by atoms with Crippen molar-refractivity contribution >= 4 is 5.97 Å². The van der Waals surface area contributed by atoms with Crippen LogP contribution in [0.25, 0.3) is 11.5 Å². The molecule has 11 nitrogen and oxygen atoms in total. The number of carbonyl (C=O) groups excluding carboxylic acids is 1. The van der Waals surface area contributed by atoms with Gasteiger partial charge in [0.25, 0.3) is 6.43 Å². The summed E-state index contributed by atoms with van der Waals surface area (Å²) in [4.78, 5) is 13.2. The van der Waals surface area contributed by atoms with Crippen LogP contribution in [0.5, 0.6) is 5.88 Å². The van der Waals surface area contributed by atoms with Crippen molar-refractivity contribution in [1.82, 2.24) is 34.7 Å². The van der Waals surface area contributed by atoms with E-state index in [1.165, 1.54) is 12.1 Å². The largest absolute Gasteiger partial charge is 0.542 e. The van der Waals surface area contributed by atoms with E-state index < -0.39 is 18.6 Å². The molecule has 0 amide bonds. The third kappa shape index (κ3) is 8.26. The number of carboxylic acids is 1. The molecule has 4 aromatic rings. The van der Waals surface area contributed by atoms with E-state index in [1.54, 1.807) is 42.2 Å². The van der Waals surface area contributed by atoms with Crippen molar-refractivity contribution in [2.24, 2.45) is 0 Å². The summed E-state index contributed by atoms with van der Waals surface area (Å²) < 4.78 is 67.1. The van der Waals surface area contributed by atoms with Crippen molar-refractivity contribution in [1.29, 1.82) is 0 Å². The van der Waals surface area contributed by atoms with Crippen LogP contribution in [-0.4, -0.2) is 72.5 Å². The molecule has 0 radical (unpaired) electrons. The summed E-state index contributed by atoms with van der Waals surface area (Å²) in [6.07, 6.45) is -4.07. The Labute approximate surface area is 225 Å². The number of alkyl halides is 5. The van der Waals surface area contributed by atoms with E-state index in [0.717, 1.165) is 16.7 Å². The van der Waals surface area contributed by atoms with Gasteiger partial charge >= 0.3 is 6.18 Å². The number of aromatic nitrogens is 7. The predicted octanol–water partition coefficient (Wildman–Crippen LogP) is 2.57. The predicted molar refractivity (Wildman–Crippen MR) is 127 cm³/mol. The molecular weight excluding hydrogens is 543 g/mol. The number of hydrogen-bond donors (Lipinski definition) is 0. The van der Waals surface area contributed by atoms with Crippen LogP contribution in [0.3, 0.4) is 0 Å². The quantitative estimate of drug-likeness (QED) is 0.235. The summed E-state index contributed by atoms with van der Waals surface area (Å²) in [5.41, 5.74) is 2.88. The Kier molecular flexibility index (Phi) is 9.13. The zero-order valence-electron chi connectivity index (χ0n) is 21.8. The second-order valence-corrected chi connectivity index (χ2v) is 9.45. The Hall–Kier alpha value is -4.47. The minimum atomic E-state index is -5.19. The van der Waals surface area contributed by atoms with E-state index in [2.05, 4.69) is 46.6 Å². The molecule has 0 unspecified atom stereocenters. The molecule has 0 N–H and O–H groups in total. The van der Waals surface area contributed by atoms with Crippen LogP contribution in [0.15, 0.2) is 48.9 Å². The third-order valence-corrected chi connectivity index (χ3v) is 5.10. The van der Waals surface area contributed by atoms with Crippen LogP contribution in [0.1, 0.15) is 29.1 Å². The van der Waals surface area contributed by atoms with Crippen LogP contribution in [0.4, 0.5) is 22.0 Å². The lowest BCUT2D eigenvalue weighted by Gasteiger charge is -2.22. The van der Waals surface area contributed by atoms with Crippen LogP contribution >= 0.6 is 0 Å². The van der Waals surface area contributed by atoms with Gasteiger partial charge in [0, 0.05) is 17.8 Å². The van der Waals surface area contributed by atoms with Crippen molar-refractivity contribution in [2.75, 3.05) is 21.1 Å². The number of quaternary nitrogens is 1. The molecule has 214 valence electrons. The maximum atomic E-state index is 12.8. The molecule has 40 heavy (non-hydrogen) atoms. The topological polar surface area (TPSA) is 124 Å². The highest BCUT2D eigenvalue weighted by Gasteiger charge is 2.28. The average molecular weight is 569 g/mol. The molecule has 0 saturated carbocycles. The Balaban J connectivity index is 0.000000559. The number of carbonyl (C=O) groups is 1. The normalized spacial score (nSPS) is 11.8. The van der Waals surface area contributed by atoms with Crippen molar-refractivity contribution in [3.8, 4) is 17.4 Å². The van der Waals surface area contributed by atoms with Crippen LogP contribution in [0, 0.1) is 6.92 Å². The van der Waals surface area contributed by atoms with E-state index in [-0.39, 0.29) is 12.2 Å². The Morgan fingerprint density at radius 1 is 1.05 bits per heavy atom. The van der Waals surface area contributed by atoms with Gasteiger partial charge in [-0.15, -0.1) is 15.3 Å². The number of rotatable bonds is 8. The van der Waals surface area contributed by atoms with Gasteiger partial charge < -0.3 is 19.1 Å². The van der Waals surface area contributed by atoms with Gasteiger partial charge in [-0.05, 0) is 25.1 Å². The van der Waals surface area contributed by atoms with Gasteiger partial charge in [-0.3, -0.25) is 4.57 Å². The summed E-state index contributed by atoms with van der Waals surface area (Å²) >= 11 is 0. The van der Waals surface area contributed by atoms with Crippen molar-refractivity contribution in [3.63, 3.8) is 0 Å². The highest BCUT2D eigenvalue weighted by molar-refractivity contribution is 5.70. The molecular formula is C24H25F5N8O3. The van der Waals surface area contributed by atoms with Gasteiger partial charge in [-0.1, -0.05) is 17.3 Å². The fourth-order valence-corrected chi connectivity index (χ4v) is 3.24. The maximum Gasteiger partial charge on any atom is 0.430 e. The fourth-order valence-electron chi connectivity index (χ4n) is 3.24. The maximum absolute atomic E-state index is 12.8. The molecule has 0 aliphatic carbocycles. The summed E-state index contributed by atoms with van der Waals surface area (Å²) in [6, 6.07) is 9.41. The second-order valence-electron chi connectivity index (χ2n) is 9.45. The van der Waals surface area contributed by atoms with Crippen molar-refractivity contribution < 1.29 is 41.1 Å². The van der Waals surface area contributed by atoms with Gasteiger partial charge in [0.2, 0.25) is 5.88 Å². The molecule has 3 aromatic heterocycles. The molecule has 1 aromatic carbocycles. The molecule has 16 heteroatoms. The third-order valence-electron chi connectivity index (χ3n) is 5.10. The summed E-state index contributed by atoms with van der Waals surface area (Å²) in [6.45, 7) is 2.74. The number of aryl methyl sites for hydroxylation is 1. The highest BCUT2D eigenvalue weighted by atomic mass is 19.4. The summed E-state index contributed by atoms with van der Waals surface area (Å²) in [5.74, 6) is -2.04. The van der Waals surface area contributed by atoms with E-state index in [1.807, 2.05) is 10.8 Å². The van der Waals surface area contributed by atoms with Gasteiger partial charge in [0.1, 0.15) is 36.8 Å². The zero-order chi connectivity index (χ0) is 29.7. The van der Waals surface area contributed by atoms with E-state index in [9.17, 15) is 22.0 Å². The number of carboxylic acid groups (broad SMARTS) is 1. The van der Waals surface area contributed by atoms with E-state index >= 15 is 0 Å². The molecule has 0 bridgehead atoms. The van der Waals surface area contributed by atoms with Crippen LogP contribution in [0.2, 0.25) is 0 Å². The minimum Gasteiger partial charge on any atom is -0.542 e. The van der Waals surface area contributed by atoms with Crippen molar-refractivity contribution in [3.05, 3.63) is 71.6 Å². The molecule has 4 rings (SSSR count). The van der Waals surface area contributed by atoms with Gasteiger partial charge in [0.15, 0.2) is 5.82 Å². The molecule has 0 fully saturated rings. The number of nitrogens with zero attached hydrogens (tertiary/aromatic N) is 8. The SMILES string of the molecule is Cc1nnn(-c2ccc(C(F)F)cc2)c1COc1ccc(-n2cnc(C[N+](C)(C)C)c2)nn1.O=C([O-])C(F)(F)F. The first-order valence-electron chi connectivity index (χ1n) is 11.5. The number of halogens is 5. The number of ether oxygens (including phenoxy) is 1. The average Bonchev–Trinajstić information content (AvgIpc) is 3.48. The molecule has 0 saturated heterocycles. The fraction of sp³-hybridized carbons (Fsp3) is 0.333. The van der Waals surface area contributed by atoms with Gasteiger partial charge in [0.05, 0.1) is 32.5 Å². The highest BCUT2D eigenvalue weighted by Crippen LogP contribution is 2.21. The van der Waals surface area contributed by atoms with E-state index in [0.29, 0.717) is 28.8 Å². The van der Waals surface area contributed by atoms with Crippen LogP contribution in [-0.2, 0) is 17.9 Å². The smallest absolute Gasteiger partial charge is 0.430 e. The molecule has 3 heterocycles. The number of aliphatic carboxylic acids is 1. The number of hydrogen-bond acceptors (Lipinski definition) is 8. The van der Waals surface area contributed by atoms with Crippen molar-refractivity contribution in [2.45, 2.75) is 32.7 Å². The lowest BCUT2D eigenvalue weighted by Crippen LogP contribution is -2.37. The van der Waals surface area contributed by atoms with Gasteiger partial charge in [-0.2, -0.15) is 13.2 Å². The minimum absolute atomic E-state index is 0.0498. The Morgan fingerprint density at radius 3 is 2.23 bits per heavy atom. The number of benzene rings is 1. The first-order valence-corrected chi connectivity index (χ1v) is 11.5. The molecule has 0 spiro atoms. The molecule has 0 aliphatic heterocycles. The lowest BCUT2D eigenvalue weighted by molar-refractivity contribution is -0.884. The standard InChI is InChI=1S/C22H25F2N8O.C2HF3O2/c1-15-19(31(29-26-15)18-7-5-16(6-8-18)22(23)24)13-33-21-10-9-20(27-28-21)30-11-17(25-14-30)12-32(2,3)4;3-2(4,5)1(6)7/h5-11,14,22H,12-13H2,1-4H3;(H,6,7)/q+1;/p-1. The monoisotopic (exact) mass is 568 g/mol. The summed E-state index contributed by atoms with van der Waals surface area (Å²) in [7, 11) is 6.31. The molecule has 0 aliphatic rings. The Morgan fingerprint density at radius 2 is 1.70 bits per heavy atom. The van der Waals surface area contributed by atoms with Gasteiger partial charge in [-0.25, -0.2) is 18.4 Å². The summed E-state index contributed by atoms with van der Waals surface area (Å²) in [5, 5.41) is 25.3. The van der Waals surface area contributed by atoms with E-state index in [4.69, 9.17) is 14.6 Å². The first-order chi connectivity index (χ1) is 18.6. The lowest BCUT2D eigenvalue weighted by atomic mass is 10.2. The Bertz CT molecular complexity index is 1410. The zero-order valence-corrected chi connectivity index (χ0v) is 21.8. The first kappa shape index (κ1) is 30.1. The number of imidazole rings is 1. The second kappa shape index (κ2) is 12.1. The van der Waals surface area contributed by atoms with Crippen LogP contribution < -0.4 is 9.84 Å².